The van der Waals surface area contributed by atoms with Gasteiger partial charge in [0.05, 0.1) is 11.3 Å². The van der Waals surface area contributed by atoms with Crippen molar-refractivity contribution in [3.63, 3.8) is 0 Å². The van der Waals surface area contributed by atoms with Gasteiger partial charge in [0.2, 0.25) is 0 Å². The van der Waals surface area contributed by atoms with Crippen LogP contribution in [-0.2, 0) is 6.42 Å². The minimum Gasteiger partial charge on any atom is -0.460 e. The standard InChI is InChI=1S/C25H23N3O2/c1-17-12-14-19-8-6-7-11-22(19)28(17)25(29)21-16-27(20-9-4-3-5-10-20)26-24(21)23-15-13-18(2)30-23/h3-11,13,15-17H,12,14H2,1-2H3. The zero-order valence-electron chi connectivity index (χ0n) is 17.1. The van der Waals surface area contributed by atoms with Gasteiger partial charge in [-0.05, 0) is 62.6 Å². The molecule has 3 heterocycles. The van der Waals surface area contributed by atoms with Gasteiger partial charge in [-0.3, -0.25) is 4.79 Å². The molecule has 0 radical (unpaired) electrons. The minimum absolute atomic E-state index is 0.0547. The van der Waals surface area contributed by atoms with E-state index in [4.69, 9.17) is 9.52 Å². The fourth-order valence-electron chi connectivity index (χ4n) is 4.11. The molecule has 1 unspecified atom stereocenters. The van der Waals surface area contributed by atoms with Gasteiger partial charge >= 0.3 is 0 Å². The number of para-hydroxylation sites is 2. The maximum atomic E-state index is 13.8. The Bertz CT molecular complexity index is 1210. The second-order valence-electron chi connectivity index (χ2n) is 7.77. The van der Waals surface area contributed by atoms with E-state index < -0.39 is 0 Å². The minimum atomic E-state index is -0.0547. The largest absolute Gasteiger partial charge is 0.460 e. The predicted molar refractivity (Wildman–Crippen MR) is 117 cm³/mol. The Hall–Kier alpha value is -3.60. The lowest BCUT2D eigenvalue weighted by Gasteiger charge is -2.35. The van der Waals surface area contributed by atoms with Crippen LogP contribution in [0.3, 0.4) is 0 Å². The number of amides is 1. The molecule has 1 aliphatic heterocycles. The molecule has 0 fully saturated rings. The summed E-state index contributed by atoms with van der Waals surface area (Å²) in [6, 6.07) is 21.8. The average molecular weight is 397 g/mol. The van der Waals surface area contributed by atoms with Crippen LogP contribution in [0.5, 0.6) is 0 Å². The number of hydrogen-bond donors (Lipinski definition) is 0. The van der Waals surface area contributed by atoms with Crippen molar-refractivity contribution in [2.45, 2.75) is 32.7 Å². The molecule has 4 aromatic rings. The quantitative estimate of drug-likeness (QED) is 0.464. The van der Waals surface area contributed by atoms with Crippen LogP contribution in [0.2, 0.25) is 0 Å². The first-order valence-electron chi connectivity index (χ1n) is 10.2. The Labute approximate surface area is 175 Å². The molecular weight excluding hydrogens is 374 g/mol. The molecule has 5 nitrogen and oxygen atoms in total. The van der Waals surface area contributed by atoms with Gasteiger partial charge in [-0.2, -0.15) is 5.10 Å². The number of furan rings is 1. The van der Waals surface area contributed by atoms with Crippen molar-refractivity contribution in [3.05, 3.63) is 89.8 Å². The molecule has 1 amide bonds. The molecule has 0 N–H and O–H groups in total. The highest BCUT2D eigenvalue weighted by Crippen LogP contribution is 2.34. The second kappa shape index (κ2) is 7.34. The summed E-state index contributed by atoms with van der Waals surface area (Å²) in [6.45, 7) is 3.99. The summed E-state index contributed by atoms with van der Waals surface area (Å²) in [7, 11) is 0. The summed E-state index contributed by atoms with van der Waals surface area (Å²) in [5.41, 5.74) is 4.18. The third-order valence-electron chi connectivity index (χ3n) is 5.68. The number of anilines is 1. The molecule has 2 aromatic heterocycles. The van der Waals surface area contributed by atoms with Gasteiger partial charge in [-0.15, -0.1) is 0 Å². The zero-order chi connectivity index (χ0) is 20.7. The topological polar surface area (TPSA) is 51.3 Å². The molecule has 30 heavy (non-hydrogen) atoms. The fraction of sp³-hybridized carbons (Fsp3) is 0.200. The first-order chi connectivity index (χ1) is 14.6. The number of aromatic nitrogens is 2. The van der Waals surface area contributed by atoms with Gasteiger partial charge in [0, 0.05) is 17.9 Å². The van der Waals surface area contributed by atoms with Crippen LogP contribution in [0.15, 0.2) is 77.3 Å². The number of nitrogens with zero attached hydrogens (tertiary/aromatic N) is 3. The van der Waals surface area contributed by atoms with Crippen molar-refractivity contribution in [2.24, 2.45) is 0 Å². The highest BCUT2D eigenvalue weighted by atomic mass is 16.3. The van der Waals surface area contributed by atoms with E-state index >= 15 is 0 Å². The van der Waals surface area contributed by atoms with Gasteiger partial charge < -0.3 is 9.32 Å². The number of aryl methyl sites for hydroxylation is 2. The van der Waals surface area contributed by atoms with Gasteiger partial charge in [0.25, 0.3) is 5.91 Å². The number of rotatable bonds is 3. The molecule has 0 bridgehead atoms. The molecule has 0 spiro atoms. The van der Waals surface area contributed by atoms with Gasteiger partial charge in [-0.1, -0.05) is 36.4 Å². The maximum Gasteiger partial charge on any atom is 0.262 e. The molecule has 0 aliphatic carbocycles. The van der Waals surface area contributed by atoms with Crippen molar-refractivity contribution in [1.82, 2.24) is 9.78 Å². The van der Waals surface area contributed by atoms with Crippen LogP contribution in [0.4, 0.5) is 5.69 Å². The van der Waals surface area contributed by atoms with Gasteiger partial charge in [-0.25, -0.2) is 4.68 Å². The normalized spacial score (nSPS) is 15.8. The van der Waals surface area contributed by atoms with Gasteiger partial charge in [0.15, 0.2) is 5.76 Å². The lowest BCUT2D eigenvalue weighted by molar-refractivity contribution is 0.0975. The SMILES string of the molecule is Cc1ccc(-c2nn(-c3ccccc3)cc2C(=O)N2c3ccccc3CCC2C)o1. The number of fused-ring (bicyclic) bond motifs is 1. The van der Waals surface area contributed by atoms with Crippen LogP contribution in [-0.4, -0.2) is 21.7 Å². The van der Waals surface area contributed by atoms with Crippen molar-refractivity contribution in [2.75, 3.05) is 4.90 Å². The second-order valence-corrected chi connectivity index (χ2v) is 7.77. The summed E-state index contributed by atoms with van der Waals surface area (Å²) in [5, 5.41) is 4.74. The lowest BCUT2D eigenvalue weighted by Crippen LogP contribution is -2.42. The Balaban J connectivity index is 1.64. The van der Waals surface area contributed by atoms with E-state index in [2.05, 4.69) is 13.0 Å². The molecular formula is C25H23N3O2. The summed E-state index contributed by atoms with van der Waals surface area (Å²) in [4.78, 5) is 15.8. The fourth-order valence-corrected chi connectivity index (χ4v) is 4.11. The van der Waals surface area contributed by atoms with Crippen LogP contribution in [0.25, 0.3) is 17.1 Å². The first-order valence-corrected chi connectivity index (χ1v) is 10.2. The Morgan fingerprint density at radius 2 is 1.80 bits per heavy atom. The van der Waals surface area contributed by atoms with Crippen LogP contribution >= 0.6 is 0 Å². The average Bonchev–Trinajstić information content (AvgIpc) is 3.40. The van der Waals surface area contributed by atoms with Crippen molar-refractivity contribution < 1.29 is 9.21 Å². The third-order valence-corrected chi connectivity index (χ3v) is 5.68. The summed E-state index contributed by atoms with van der Waals surface area (Å²) < 4.78 is 7.60. The van der Waals surface area contributed by atoms with E-state index in [-0.39, 0.29) is 11.9 Å². The van der Waals surface area contributed by atoms with E-state index in [0.717, 1.165) is 30.0 Å². The number of hydrogen-bond acceptors (Lipinski definition) is 3. The Morgan fingerprint density at radius 1 is 1.03 bits per heavy atom. The van der Waals surface area contributed by atoms with E-state index in [1.54, 1.807) is 4.68 Å². The van der Waals surface area contributed by atoms with E-state index in [9.17, 15) is 4.79 Å². The molecule has 0 saturated carbocycles. The van der Waals surface area contributed by atoms with Crippen molar-refractivity contribution >= 4 is 11.6 Å². The monoisotopic (exact) mass is 397 g/mol. The smallest absolute Gasteiger partial charge is 0.262 e. The summed E-state index contributed by atoms with van der Waals surface area (Å²) in [5.74, 6) is 1.33. The lowest BCUT2D eigenvalue weighted by atomic mass is 9.95. The molecule has 5 rings (SSSR count). The predicted octanol–water partition coefficient (Wildman–Crippen LogP) is 5.42. The van der Waals surface area contributed by atoms with E-state index in [1.807, 2.05) is 78.7 Å². The summed E-state index contributed by atoms with van der Waals surface area (Å²) >= 11 is 0. The number of carbonyl (C=O) groups is 1. The van der Waals surface area contributed by atoms with Gasteiger partial charge in [0.1, 0.15) is 11.5 Å². The van der Waals surface area contributed by atoms with E-state index in [1.165, 1.54) is 5.56 Å². The zero-order valence-corrected chi connectivity index (χ0v) is 17.1. The maximum absolute atomic E-state index is 13.8. The molecule has 2 aromatic carbocycles. The Kier molecular flexibility index (Phi) is 4.51. The van der Waals surface area contributed by atoms with Crippen molar-refractivity contribution in [3.8, 4) is 17.1 Å². The first kappa shape index (κ1) is 18.4. The highest BCUT2D eigenvalue weighted by Gasteiger charge is 2.32. The van der Waals surface area contributed by atoms with Crippen LogP contribution in [0.1, 0.15) is 35.0 Å². The molecule has 0 saturated heterocycles. The molecule has 5 heteroatoms. The number of benzene rings is 2. The Morgan fingerprint density at radius 3 is 2.57 bits per heavy atom. The number of carbonyl (C=O) groups excluding carboxylic acids is 1. The summed E-state index contributed by atoms with van der Waals surface area (Å²) in [6.07, 6.45) is 3.73. The molecule has 150 valence electrons. The highest BCUT2D eigenvalue weighted by molar-refractivity contribution is 6.10. The third kappa shape index (κ3) is 3.12. The molecule has 1 aliphatic rings. The van der Waals surface area contributed by atoms with Crippen molar-refractivity contribution in [1.29, 1.82) is 0 Å². The van der Waals surface area contributed by atoms with E-state index in [0.29, 0.717) is 17.0 Å². The van der Waals surface area contributed by atoms with Crippen LogP contribution in [0, 0.1) is 6.92 Å². The van der Waals surface area contributed by atoms with Crippen LogP contribution < -0.4 is 4.90 Å². The molecule has 1 atom stereocenters.